The highest BCUT2D eigenvalue weighted by atomic mass is 35.5. The average molecular weight is 523 g/mol. The van der Waals surface area contributed by atoms with Gasteiger partial charge in [-0.1, -0.05) is 29.3 Å². The first kappa shape index (κ1) is 25.6. The zero-order chi connectivity index (χ0) is 25.0. The van der Waals surface area contributed by atoms with Crippen molar-refractivity contribution in [1.82, 2.24) is 9.99 Å². The van der Waals surface area contributed by atoms with E-state index < -0.39 is 22.5 Å². The Balaban J connectivity index is 1.78. The Bertz CT molecular complexity index is 1350. The van der Waals surface area contributed by atoms with Crippen molar-refractivity contribution in [2.24, 2.45) is 5.10 Å². The lowest BCUT2D eigenvalue weighted by atomic mass is 10.2. The number of carbonyl (C=O) groups is 1. The van der Waals surface area contributed by atoms with Gasteiger partial charge in [0.2, 0.25) is 10.0 Å². The number of hydrogen-bond acceptors (Lipinski definition) is 5. The molecule has 1 N–H and O–H groups in total. The molecule has 0 aliphatic rings. The van der Waals surface area contributed by atoms with Crippen LogP contribution < -0.4 is 14.5 Å². The number of halogens is 2. The lowest BCUT2D eigenvalue weighted by Crippen LogP contribution is -2.39. The van der Waals surface area contributed by atoms with Crippen LogP contribution in [0.4, 0.5) is 5.69 Å². The van der Waals surface area contributed by atoms with Crippen LogP contribution in [-0.4, -0.2) is 45.0 Å². The molecule has 0 spiro atoms. The van der Waals surface area contributed by atoms with Crippen LogP contribution in [0, 0.1) is 13.8 Å². The minimum atomic E-state index is -3.81. The zero-order valence-corrected chi connectivity index (χ0v) is 21.4. The van der Waals surface area contributed by atoms with Crippen LogP contribution in [-0.2, 0) is 14.8 Å². The maximum absolute atomic E-state index is 12.5. The van der Waals surface area contributed by atoms with Gasteiger partial charge in [-0.3, -0.25) is 9.10 Å². The molecule has 0 unspecified atom stereocenters. The Kier molecular flexibility index (Phi) is 7.91. The number of benzene rings is 2. The Morgan fingerprint density at radius 2 is 1.85 bits per heavy atom. The van der Waals surface area contributed by atoms with Gasteiger partial charge < -0.3 is 9.30 Å². The standard InChI is InChI=1S/C23H24Cl2N4O4S/c1-15-10-17(16(2)29(15)20-7-5-6-18(24)11-20)13-26-27-23(30)14-28(34(4,31)32)21-12-19(25)8-9-22(21)33-3/h5-13H,14H2,1-4H3,(H,27,30)/b26-13-. The first-order chi connectivity index (χ1) is 16.0. The summed E-state index contributed by atoms with van der Waals surface area (Å²) in [5.41, 5.74) is 6.09. The molecule has 3 rings (SSSR count). The van der Waals surface area contributed by atoms with E-state index in [0.717, 1.165) is 33.2 Å². The van der Waals surface area contributed by atoms with Crippen LogP contribution >= 0.6 is 23.2 Å². The average Bonchev–Trinajstić information content (AvgIpc) is 3.04. The van der Waals surface area contributed by atoms with Gasteiger partial charge in [-0.05, 0) is 56.3 Å². The summed E-state index contributed by atoms with van der Waals surface area (Å²) in [4.78, 5) is 12.5. The van der Waals surface area contributed by atoms with Crippen LogP contribution in [0.2, 0.25) is 10.0 Å². The van der Waals surface area contributed by atoms with Gasteiger partial charge in [-0.25, -0.2) is 13.8 Å². The number of nitrogens with zero attached hydrogens (tertiary/aromatic N) is 3. The van der Waals surface area contributed by atoms with Crippen LogP contribution in [0.25, 0.3) is 5.69 Å². The maximum atomic E-state index is 12.5. The van der Waals surface area contributed by atoms with E-state index in [-0.39, 0.29) is 11.4 Å². The van der Waals surface area contributed by atoms with Gasteiger partial charge in [0.1, 0.15) is 12.3 Å². The molecule has 0 fully saturated rings. The Labute approximate surface area is 208 Å². The summed E-state index contributed by atoms with van der Waals surface area (Å²) in [7, 11) is -2.41. The summed E-state index contributed by atoms with van der Waals surface area (Å²) >= 11 is 12.1. The zero-order valence-electron chi connectivity index (χ0n) is 19.0. The Morgan fingerprint density at radius 3 is 2.50 bits per heavy atom. The van der Waals surface area contributed by atoms with Crippen molar-refractivity contribution < 1.29 is 17.9 Å². The molecule has 1 aromatic heterocycles. The minimum Gasteiger partial charge on any atom is -0.495 e. The smallest absolute Gasteiger partial charge is 0.260 e. The minimum absolute atomic E-state index is 0.154. The summed E-state index contributed by atoms with van der Waals surface area (Å²) < 4.78 is 32.9. The number of nitrogens with one attached hydrogen (secondary N) is 1. The Morgan fingerprint density at radius 1 is 1.15 bits per heavy atom. The second-order valence-corrected chi connectivity index (χ2v) is 10.3. The molecule has 0 bridgehead atoms. The normalized spacial score (nSPS) is 11.6. The molecule has 1 heterocycles. The fourth-order valence-corrected chi connectivity index (χ4v) is 4.71. The second-order valence-electron chi connectivity index (χ2n) is 7.52. The lowest BCUT2D eigenvalue weighted by molar-refractivity contribution is -0.119. The number of amides is 1. The van der Waals surface area contributed by atoms with E-state index in [1.54, 1.807) is 12.1 Å². The predicted octanol–water partition coefficient (Wildman–Crippen LogP) is 4.33. The molecule has 0 saturated heterocycles. The first-order valence-electron chi connectivity index (χ1n) is 10.1. The van der Waals surface area contributed by atoms with Crippen molar-refractivity contribution in [2.45, 2.75) is 13.8 Å². The lowest BCUT2D eigenvalue weighted by Gasteiger charge is -2.23. The molecule has 0 aliphatic carbocycles. The summed E-state index contributed by atoms with van der Waals surface area (Å²) in [5, 5.41) is 4.94. The van der Waals surface area contributed by atoms with E-state index in [9.17, 15) is 13.2 Å². The highest BCUT2D eigenvalue weighted by molar-refractivity contribution is 7.92. The van der Waals surface area contributed by atoms with Crippen molar-refractivity contribution in [3.63, 3.8) is 0 Å². The van der Waals surface area contributed by atoms with Crippen molar-refractivity contribution >= 4 is 51.0 Å². The highest BCUT2D eigenvalue weighted by Crippen LogP contribution is 2.32. The predicted molar refractivity (Wildman–Crippen MR) is 136 cm³/mol. The number of carbonyl (C=O) groups excluding carboxylic acids is 1. The summed E-state index contributed by atoms with van der Waals surface area (Å²) in [6, 6.07) is 13.9. The SMILES string of the molecule is COc1ccc(Cl)cc1N(CC(=O)N/N=C\c1cc(C)n(-c2cccc(Cl)c2)c1C)S(C)(=O)=O. The van der Waals surface area contributed by atoms with Gasteiger partial charge in [0.25, 0.3) is 5.91 Å². The van der Waals surface area contributed by atoms with Crippen molar-refractivity contribution in [2.75, 3.05) is 24.2 Å². The van der Waals surface area contributed by atoms with Crippen LogP contribution in [0.3, 0.4) is 0 Å². The molecule has 8 nitrogen and oxygen atoms in total. The third-order valence-electron chi connectivity index (χ3n) is 5.03. The second kappa shape index (κ2) is 10.5. The van der Waals surface area contributed by atoms with Crippen LogP contribution in [0.5, 0.6) is 5.75 Å². The summed E-state index contributed by atoms with van der Waals surface area (Å²) in [5.74, 6) is -0.369. The summed E-state index contributed by atoms with van der Waals surface area (Å²) in [6.07, 6.45) is 2.50. The highest BCUT2D eigenvalue weighted by Gasteiger charge is 2.24. The number of methoxy groups -OCH3 is 1. The van der Waals surface area contributed by atoms with Crippen molar-refractivity contribution in [3.05, 3.63) is 75.5 Å². The third-order valence-corrected chi connectivity index (χ3v) is 6.62. The van der Waals surface area contributed by atoms with Gasteiger partial charge in [0.15, 0.2) is 0 Å². The molecule has 0 radical (unpaired) electrons. The molecule has 0 atom stereocenters. The number of sulfonamides is 1. The van der Waals surface area contributed by atoms with E-state index in [1.165, 1.54) is 25.5 Å². The van der Waals surface area contributed by atoms with Crippen molar-refractivity contribution in [3.8, 4) is 11.4 Å². The summed E-state index contributed by atoms with van der Waals surface area (Å²) in [6.45, 7) is 3.37. The van der Waals surface area contributed by atoms with E-state index in [2.05, 4.69) is 10.5 Å². The van der Waals surface area contributed by atoms with Gasteiger partial charge in [-0.15, -0.1) is 0 Å². The number of rotatable bonds is 8. The van der Waals surface area contributed by atoms with Crippen LogP contribution in [0.1, 0.15) is 17.0 Å². The molecule has 180 valence electrons. The number of aryl methyl sites for hydroxylation is 1. The first-order valence-corrected chi connectivity index (χ1v) is 12.7. The fourth-order valence-electron chi connectivity index (χ4n) is 3.51. The molecule has 0 aliphatic heterocycles. The van der Waals surface area contributed by atoms with Gasteiger partial charge in [-0.2, -0.15) is 5.10 Å². The molecule has 1 amide bonds. The van der Waals surface area contributed by atoms with E-state index in [4.69, 9.17) is 27.9 Å². The van der Waals surface area contributed by atoms with E-state index in [0.29, 0.717) is 10.0 Å². The molecule has 34 heavy (non-hydrogen) atoms. The van der Waals surface area contributed by atoms with Crippen molar-refractivity contribution in [1.29, 1.82) is 0 Å². The van der Waals surface area contributed by atoms with Gasteiger partial charge in [0.05, 0.1) is 25.3 Å². The Hall–Kier alpha value is -3.01. The number of hydrazone groups is 1. The molecule has 2 aromatic carbocycles. The van der Waals surface area contributed by atoms with Gasteiger partial charge in [0, 0.05) is 32.7 Å². The molecule has 0 saturated carbocycles. The molecule has 3 aromatic rings. The number of aromatic nitrogens is 1. The van der Waals surface area contributed by atoms with E-state index >= 15 is 0 Å². The molecular formula is C23H24Cl2N4O4S. The largest absolute Gasteiger partial charge is 0.495 e. The fraction of sp³-hybridized carbons (Fsp3) is 0.217. The van der Waals surface area contributed by atoms with Crippen LogP contribution in [0.15, 0.2) is 53.6 Å². The number of ether oxygens (including phenoxy) is 1. The number of anilines is 1. The monoisotopic (exact) mass is 522 g/mol. The molecular weight excluding hydrogens is 499 g/mol. The van der Waals surface area contributed by atoms with Gasteiger partial charge >= 0.3 is 0 Å². The maximum Gasteiger partial charge on any atom is 0.260 e. The molecule has 11 heteroatoms. The van der Waals surface area contributed by atoms with E-state index in [1.807, 2.05) is 42.7 Å². The third kappa shape index (κ3) is 5.91. The quantitative estimate of drug-likeness (QED) is 0.352. The topological polar surface area (TPSA) is 93.0 Å². The number of hydrogen-bond donors (Lipinski definition) is 1.